The van der Waals surface area contributed by atoms with E-state index in [0.29, 0.717) is 18.2 Å². The molecule has 0 aromatic heterocycles. The molecule has 0 unspecified atom stereocenters. The van der Waals surface area contributed by atoms with Crippen molar-refractivity contribution < 1.29 is 9.13 Å². The van der Waals surface area contributed by atoms with E-state index in [2.05, 4.69) is 12.2 Å². The van der Waals surface area contributed by atoms with Gasteiger partial charge in [0.05, 0.1) is 0 Å². The normalized spacial score (nSPS) is 10.6. The highest BCUT2D eigenvalue weighted by Crippen LogP contribution is 2.20. The maximum absolute atomic E-state index is 14.0. The van der Waals surface area contributed by atoms with E-state index in [9.17, 15) is 4.39 Å². The summed E-state index contributed by atoms with van der Waals surface area (Å²) in [6, 6.07) is 12.4. The number of benzene rings is 2. The molecule has 0 amide bonds. The summed E-state index contributed by atoms with van der Waals surface area (Å²) in [5, 5.41) is 3.92. The second-order valence-corrected chi connectivity index (χ2v) is 5.29. The van der Waals surface area contributed by atoms with Crippen LogP contribution < -0.4 is 10.1 Å². The van der Waals surface area contributed by atoms with Crippen molar-refractivity contribution in [1.29, 1.82) is 0 Å². The van der Waals surface area contributed by atoms with E-state index in [-0.39, 0.29) is 11.6 Å². The quantitative estimate of drug-likeness (QED) is 0.757. The molecule has 4 heteroatoms. The summed E-state index contributed by atoms with van der Waals surface area (Å²) in [7, 11) is 0. The topological polar surface area (TPSA) is 21.3 Å². The van der Waals surface area contributed by atoms with Crippen LogP contribution >= 0.6 is 11.6 Å². The summed E-state index contributed by atoms with van der Waals surface area (Å²) in [6.45, 7) is 4.02. The van der Waals surface area contributed by atoms with Crippen LogP contribution in [0.2, 0.25) is 5.02 Å². The molecular weight excluding hydrogens is 289 g/mol. The Balaban J connectivity index is 1.92. The zero-order valence-electron chi connectivity index (χ0n) is 12.0. The zero-order chi connectivity index (χ0) is 15.1. The first kappa shape index (κ1) is 15.8. The Morgan fingerprint density at radius 2 is 1.81 bits per heavy atom. The third-order valence-electron chi connectivity index (χ3n) is 3.06. The molecule has 2 nitrogen and oxygen atoms in total. The maximum Gasteiger partial charge on any atom is 0.165 e. The molecule has 0 aliphatic heterocycles. The van der Waals surface area contributed by atoms with E-state index in [0.717, 1.165) is 24.1 Å². The van der Waals surface area contributed by atoms with Crippen LogP contribution in [0.3, 0.4) is 0 Å². The molecule has 0 atom stereocenters. The molecule has 0 fully saturated rings. The van der Waals surface area contributed by atoms with Crippen molar-refractivity contribution in [3.05, 3.63) is 64.4 Å². The molecular formula is C17H19ClFNO. The number of ether oxygens (including phenoxy) is 1. The van der Waals surface area contributed by atoms with Gasteiger partial charge in [-0.05, 0) is 48.4 Å². The van der Waals surface area contributed by atoms with Crippen molar-refractivity contribution in [3.63, 3.8) is 0 Å². The standard InChI is InChI=1S/C17H19ClFNO/c1-2-9-20-11-14-5-8-17(16(19)10-14)21-12-13-3-6-15(18)7-4-13/h3-8,10,20H,2,9,11-12H2,1H3. The van der Waals surface area contributed by atoms with Gasteiger partial charge in [-0.15, -0.1) is 0 Å². The molecule has 0 saturated carbocycles. The molecule has 0 spiro atoms. The highest BCUT2D eigenvalue weighted by atomic mass is 35.5. The molecule has 2 rings (SSSR count). The predicted octanol–water partition coefficient (Wildman–Crippen LogP) is 4.56. The third kappa shape index (κ3) is 5.03. The summed E-state index contributed by atoms with van der Waals surface area (Å²) < 4.78 is 19.5. The lowest BCUT2D eigenvalue weighted by Gasteiger charge is -2.09. The summed E-state index contributed by atoms with van der Waals surface area (Å²) in [6.07, 6.45) is 1.06. The molecule has 0 aliphatic rings. The first-order valence-electron chi connectivity index (χ1n) is 7.05. The van der Waals surface area contributed by atoms with E-state index >= 15 is 0 Å². The van der Waals surface area contributed by atoms with Gasteiger partial charge in [0.15, 0.2) is 11.6 Å². The Morgan fingerprint density at radius 3 is 2.48 bits per heavy atom. The average molecular weight is 308 g/mol. The zero-order valence-corrected chi connectivity index (χ0v) is 12.8. The van der Waals surface area contributed by atoms with E-state index < -0.39 is 0 Å². The lowest BCUT2D eigenvalue weighted by molar-refractivity contribution is 0.290. The Hall–Kier alpha value is -1.58. The van der Waals surface area contributed by atoms with Crippen LogP contribution in [-0.4, -0.2) is 6.54 Å². The predicted molar refractivity (Wildman–Crippen MR) is 84.2 cm³/mol. The van der Waals surface area contributed by atoms with Gasteiger partial charge in [0.1, 0.15) is 6.61 Å². The fraction of sp³-hybridized carbons (Fsp3) is 0.294. The largest absolute Gasteiger partial charge is 0.486 e. The smallest absolute Gasteiger partial charge is 0.165 e. The van der Waals surface area contributed by atoms with Crippen LogP contribution in [-0.2, 0) is 13.2 Å². The first-order valence-corrected chi connectivity index (χ1v) is 7.43. The second kappa shape index (κ2) is 8.01. The van der Waals surface area contributed by atoms with Crippen LogP contribution in [0.25, 0.3) is 0 Å². The molecule has 0 saturated heterocycles. The van der Waals surface area contributed by atoms with Crippen LogP contribution in [0.1, 0.15) is 24.5 Å². The lowest BCUT2D eigenvalue weighted by Crippen LogP contribution is -2.13. The summed E-state index contributed by atoms with van der Waals surface area (Å²) >= 11 is 5.82. The third-order valence-corrected chi connectivity index (χ3v) is 3.31. The molecule has 0 radical (unpaired) electrons. The number of hydrogen-bond acceptors (Lipinski definition) is 2. The summed E-state index contributed by atoms with van der Waals surface area (Å²) in [5.41, 5.74) is 1.87. The van der Waals surface area contributed by atoms with Gasteiger partial charge in [0, 0.05) is 11.6 Å². The van der Waals surface area contributed by atoms with Crippen molar-refractivity contribution in [2.24, 2.45) is 0 Å². The second-order valence-electron chi connectivity index (χ2n) is 4.86. The molecule has 1 N–H and O–H groups in total. The molecule has 2 aromatic rings. The van der Waals surface area contributed by atoms with Gasteiger partial charge in [-0.3, -0.25) is 0 Å². The van der Waals surface area contributed by atoms with Crippen molar-refractivity contribution in [3.8, 4) is 5.75 Å². The highest BCUT2D eigenvalue weighted by molar-refractivity contribution is 6.30. The Labute approximate surface area is 129 Å². The van der Waals surface area contributed by atoms with Gasteiger partial charge in [-0.25, -0.2) is 4.39 Å². The Morgan fingerprint density at radius 1 is 1.10 bits per heavy atom. The number of halogens is 2. The van der Waals surface area contributed by atoms with E-state index in [1.807, 2.05) is 18.2 Å². The monoisotopic (exact) mass is 307 g/mol. The Kier molecular flexibility index (Phi) is 6.03. The van der Waals surface area contributed by atoms with Crippen LogP contribution in [0.4, 0.5) is 4.39 Å². The fourth-order valence-electron chi connectivity index (χ4n) is 1.92. The number of hydrogen-bond donors (Lipinski definition) is 1. The SMILES string of the molecule is CCCNCc1ccc(OCc2ccc(Cl)cc2)c(F)c1. The minimum Gasteiger partial charge on any atom is -0.486 e. The minimum atomic E-state index is -0.334. The van der Waals surface area contributed by atoms with E-state index in [1.165, 1.54) is 6.07 Å². The van der Waals surface area contributed by atoms with Crippen molar-refractivity contribution >= 4 is 11.6 Å². The minimum absolute atomic E-state index is 0.268. The lowest BCUT2D eigenvalue weighted by atomic mass is 10.2. The number of rotatable bonds is 7. The summed E-state index contributed by atoms with van der Waals surface area (Å²) in [4.78, 5) is 0. The van der Waals surface area contributed by atoms with E-state index in [1.54, 1.807) is 18.2 Å². The molecule has 21 heavy (non-hydrogen) atoms. The van der Waals surface area contributed by atoms with Gasteiger partial charge >= 0.3 is 0 Å². The molecule has 112 valence electrons. The van der Waals surface area contributed by atoms with Crippen LogP contribution in [0, 0.1) is 5.82 Å². The maximum atomic E-state index is 14.0. The van der Waals surface area contributed by atoms with Gasteiger partial charge in [-0.2, -0.15) is 0 Å². The molecule has 0 aliphatic carbocycles. The van der Waals surface area contributed by atoms with Gasteiger partial charge in [0.25, 0.3) is 0 Å². The molecule has 0 bridgehead atoms. The van der Waals surface area contributed by atoms with E-state index in [4.69, 9.17) is 16.3 Å². The van der Waals surface area contributed by atoms with Gasteiger partial charge in [0.2, 0.25) is 0 Å². The van der Waals surface area contributed by atoms with Crippen LogP contribution in [0.5, 0.6) is 5.75 Å². The highest BCUT2D eigenvalue weighted by Gasteiger charge is 2.05. The van der Waals surface area contributed by atoms with Crippen LogP contribution in [0.15, 0.2) is 42.5 Å². The summed E-state index contributed by atoms with van der Waals surface area (Å²) in [5.74, 6) is -0.0658. The fourth-order valence-corrected chi connectivity index (χ4v) is 2.05. The van der Waals surface area contributed by atoms with Crippen molar-refractivity contribution in [2.45, 2.75) is 26.5 Å². The molecule has 2 aromatic carbocycles. The van der Waals surface area contributed by atoms with Crippen molar-refractivity contribution in [2.75, 3.05) is 6.54 Å². The van der Waals surface area contributed by atoms with Crippen molar-refractivity contribution in [1.82, 2.24) is 5.32 Å². The first-order chi connectivity index (χ1) is 10.2. The molecule has 0 heterocycles. The Bertz CT molecular complexity index is 572. The van der Waals surface area contributed by atoms with Gasteiger partial charge in [-0.1, -0.05) is 36.7 Å². The average Bonchev–Trinajstić information content (AvgIpc) is 2.48. The van der Waals surface area contributed by atoms with Gasteiger partial charge < -0.3 is 10.1 Å². The number of nitrogens with one attached hydrogen (secondary N) is 1.